The van der Waals surface area contributed by atoms with Gasteiger partial charge in [-0.15, -0.1) is 12.4 Å². The lowest BCUT2D eigenvalue weighted by molar-refractivity contribution is 0.0943. The molecule has 0 bridgehead atoms. The van der Waals surface area contributed by atoms with Gasteiger partial charge in [-0.2, -0.15) is 0 Å². The first-order valence-corrected chi connectivity index (χ1v) is 6.39. The van der Waals surface area contributed by atoms with Crippen LogP contribution in [0.25, 0.3) is 0 Å². The fraction of sp³-hybridized carbons (Fsp3) is 0.500. The Balaban J connectivity index is 0.00000324. The van der Waals surface area contributed by atoms with Gasteiger partial charge in [0.2, 0.25) is 0 Å². The van der Waals surface area contributed by atoms with E-state index in [4.69, 9.17) is 10.8 Å². The molecule has 1 atom stereocenters. The summed E-state index contributed by atoms with van der Waals surface area (Å²) in [5.74, 6) is 0.261. The summed E-state index contributed by atoms with van der Waals surface area (Å²) in [5, 5.41) is 11.8. The summed E-state index contributed by atoms with van der Waals surface area (Å²) in [6, 6.07) is 7.29. The molecule has 1 rings (SSSR count). The van der Waals surface area contributed by atoms with Crippen LogP contribution in [0.2, 0.25) is 0 Å². The molecule has 0 aliphatic carbocycles. The summed E-state index contributed by atoms with van der Waals surface area (Å²) in [7, 11) is 0. The van der Waals surface area contributed by atoms with Crippen LogP contribution in [0.4, 0.5) is 0 Å². The van der Waals surface area contributed by atoms with Crippen molar-refractivity contribution in [2.45, 2.75) is 26.3 Å². The van der Waals surface area contributed by atoms with Crippen molar-refractivity contribution in [3.05, 3.63) is 35.4 Å². The molecule has 1 unspecified atom stereocenters. The number of amides is 1. The predicted octanol–water partition coefficient (Wildman–Crippen LogP) is 1.71. The summed E-state index contributed by atoms with van der Waals surface area (Å²) >= 11 is 0. The Morgan fingerprint density at radius 1 is 1.37 bits per heavy atom. The summed E-state index contributed by atoms with van der Waals surface area (Å²) in [5.41, 5.74) is 7.16. The highest BCUT2D eigenvalue weighted by molar-refractivity contribution is 5.94. The Kier molecular flexibility index (Phi) is 9.21. The molecule has 0 aliphatic rings. The molecule has 1 aromatic rings. The van der Waals surface area contributed by atoms with Crippen LogP contribution >= 0.6 is 12.4 Å². The average Bonchev–Trinajstić information content (AvgIpc) is 2.43. The van der Waals surface area contributed by atoms with Crippen molar-refractivity contribution < 1.29 is 9.90 Å². The number of aliphatic hydroxyl groups is 1. The van der Waals surface area contributed by atoms with E-state index < -0.39 is 0 Å². The van der Waals surface area contributed by atoms with Gasteiger partial charge in [0, 0.05) is 25.3 Å². The number of nitrogens with two attached hydrogens (primary N) is 1. The van der Waals surface area contributed by atoms with Crippen LogP contribution in [0, 0.1) is 5.92 Å². The van der Waals surface area contributed by atoms with Crippen molar-refractivity contribution in [2.75, 3.05) is 13.2 Å². The van der Waals surface area contributed by atoms with Crippen molar-refractivity contribution in [1.82, 2.24) is 5.32 Å². The Hall–Kier alpha value is -1.10. The quantitative estimate of drug-likeness (QED) is 0.714. The van der Waals surface area contributed by atoms with Crippen LogP contribution in [-0.4, -0.2) is 24.2 Å². The van der Waals surface area contributed by atoms with E-state index in [0.717, 1.165) is 18.4 Å². The fourth-order valence-corrected chi connectivity index (χ4v) is 1.76. The predicted molar refractivity (Wildman–Crippen MR) is 79.4 cm³/mol. The van der Waals surface area contributed by atoms with Crippen molar-refractivity contribution >= 4 is 18.3 Å². The SMILES string of the molecule is CCC(CCO)CNC(=O)c1ccc(CN)cc1.Cl. The number of carbonyl (C=O) groups excluding carboxylic acids is 1. The highest BCUT2D eigenvalue weighted by Crippen LogP contribution is 2.07. The van der Waals surface area contributed by atoms with Gasteiger partial charge in [0.05, 0.1) is 0 Å². The molecule has 0 saturated heterocycles. The minimum absolute atomic E-state index is 0. The van der Waals surface area contributed by atoms with Gasteiger partial charge in [0.25, 0.3) is 5.91 Å². The van der Waals surface area contributed by atoms with E-state index in [1.807, 2.05) is 12.1 Å². The molecule has 19 heavy (non-hydrogen) atoms. The second-order valence-electron chi connectivity index (χ2n) is 4.40. The monoisotopic (exact) mass is 286 g/mol. The number of rotatable bonds is 7. The van der Waals surface area contributed by atoms with Gasteiger partial charge in [-0.1, -0.05) is 25.5 Å². The standard InChI is InChI=1S/C14H22N2O2.ClH/c1-2-11(7-8-17)10-16-14(18)13-5-3-12(9-15)4-6-13;/h3-6,11,17H,2,7-10,15H2,1H3,(H,16,18);1H. The van der Waals surface area contributed by atoms with Gasteiger partial charge >= 0.3 is 0 Å². The minimum Gasteiger partial charge on any atom is -0.396 e. The zero-order valence-corrected chi connectivity index (χ0v) is 12.1. The van der Waals surface area contributed by atoms with Crippen molar-refractivity contribution in [3.63, 3.8) is 0 Å². The third kappa shape index (κ3) is 6.05. The molecule has 0 heterocycles. The first-order valence-electron chi connectivity index (χ1n) is 6.39. The molecule has 4 N–H and O–H groups in total. The molecular weight excluding hydrogens is 264 g/mol. The molecule has 0 radical (unpaired) electrons. The van der Waals surface area contributed by atoms with Gasteiger partial charge in [-0.3, -0.25) is 4.79 Å². The average molecular weight is 287 g/mol. The molecule has 0 aromatic heterocycles. The second-order valence-corrected chi connectivity index (χ2v) is 4.40. The van der Waals surface area contributed by atoms with E-state index in [0.29, 0.717) is 24.6 Å². The Bertz CT molecular complexity index is 368. The van der Waals surface area contributed by atoms with E-state index in [-0.39, 0.29) is 24.9 Å². The maximum atomic E-state index is 11.9. The number of hydrogen-bond acceptors (Lipinski definition) is 3. The Labute approximate surface area is 120 Å². The molecule has 0 aliphatic heterocycles. The summed E-state index contributed by atoms with van der Waals surface area (Å²) < 4.78 is 0. The summed E-state index contributed by atoms with van der Waals surface area (Å²) in [6.45, 7) is 3.31. The Morgan fingerprint density at radius 2 is 2.00 bits per heavy atom. The van der Waals surface area contributed by atoms with Gasteiger partial charge in [0.1, 0.15) is 0 Å². The second kappa shape index (κ2) is 9.78. The zero-order valence-electron chi connectivity index (χ0n) is 11.3. The molecule has 108 valence electrons. The molecule has 0 saturated carbocycles. The lowest BCUT2D eigenvalue weighted by atomic mass is 10.0. The van der Waals surface area contributed by atoms with Crippen LogP contribution < -0.4 is 11.1 Å². The molecule has 4 nitrogen and oxygen atoms in total. The maximum absolute atomic E-state index is 11.9. The van der Waals surface area contributed by atoms with E-state index in [1.54, 1.807) is 12.1 Å². The number of carbonyl (C=O) groups is 1. The smallest absolute Gasteiger partial charge is 0.251 e. The third-order valence-corrected chi connectivity index (χ3v) is 3.12. The van der Waals surface area contributed by atoms with Crippen LogP contribution in [0.15, 0.2) is 24.3 Å². The number of benzene rings is 1. The normalized spacial score (nSPS) is 11.5. The molecule has 1 amide bonds. The topological polar surface area (TPSA) is 75.3 Å². The Morgan fingerprint density at radius 3 is 2.47 bits per heavy atom. The van der Waals surface area contributed by atoms with E-state index in [2.05, 4.69) is 12.2 Å². The first-order chi connectivity index (χ1) is 8.71. The van der Waals surface area contributed by atoms with Crippen molar-refractivity contribution in [3.8, 4) is 0 Å². The molecule has 1 aromatic carbocycles. The zero-order chi connectivity index (χ0) is 13.4. The van der Waals surface area contributed by atoms with Gasteiger partial charge < -0.3 is 16.2 Å². The molecular formula is C14H23ClN2O2. The van der Waals surface area contributed by atoms with Gasteiger partial charge in [-0.05, 0) is 30.0 Å². The number of hydrogen-bond donors (Lipinski definition) is 3. The maximum Gasteiger partial charge on any atom is 0.251 e. The minimum atomic E-state index is -0.0741. The molecule has 0 spiro atoms. The molecule has 5 heteroatoms. The van der Waals surface area contributed by atoms with E-state index in [9.17, 15) is 4.79 Å². The lowest BCUT2D eigenvalue weighted by Gasteiger charge is -2.14. The number of aliphatic hydroxyl groups excluding tert-OH is 1. The highest BCUT2D eigenvalue weighted by Gasteiger charge is 2.09. The van der Waals surface area contributed by atoms with Crippen molar-refractivity contribution in [2.24, 2.45) is 11.7 Å². The lowest BCUT2D eigenvalue weighted by Crippen LogP contribution is -2.29. The number of nitrogens with one attached hydrogen (secondary N) is 1. The van der Waals surface area contributed by atoms with Crippen LogP contribution in [0.3, 0.4) is 0 Å². The third-order valence-electron chi connectivity index (χ3n) is 3.12. The summed E-state index contributed by atoms with van der Waals surface area (Å²) in [4.78, 5) is 11.9. The van der Waals surface area contributed by atoms with E-state index >= 15 is 0 Å². The molecule has 0 fully saturated rings. The van der Waals surface area contributed by atoms with Crippen LogP contribution in [0.5, 0.6) is 0 Å². The first kappa shape index (κ1) is 17.9. The largest absolute Gasteiger partial charge is 0.396 e. The fourth-order valence-electron chi connectivity index (χ4n) is 1.76. The van der Waals surface area contributed by atoms with Crippen molar-refractivity contribution in [1.29, 1.82) is 0 Å². The van der Waals surface area contributed by atoms with Gasteiger partial charge in [-0.25, -0.2) is 0 Å². The summed E-state index contributed by atoms with van der Waals surface area (Å²) in [6.07, 6.45) is 1.68. The number of halogens is 1. The van der Waals surface area contributed by atoms with Gasteiger partial charge in [0.15, 0.2) is 0 Å². The van der Waals surface area contributed by atoms with E-state index in [1.165, 1.54) is 0 Å². The highest BCUT2D eigenvalue weighted by atomic mass is 35.5. The van der Waals surface area contributed by atoms with Crippen LogP contribution in [0.1, 0.15) is 35.7 Å². The van der Waals surface area contributed by atoms with Crippen LogP contribution in [-0.2, 0) is 6.54 Å².